The summed E-state index contributed by atoms with van der Waals surface area (Å²) < 4.78 is 4.72. The first kappa shape index (κ1) is 16.2. The number of aliphatic hydroxyl groups is 1. The van der Waals surface area contributed by atoms with Gasteiger partial charge in [-0.3, -0.25) is 9.59 Å². The number of esters is 1. The Morgan fingerprint density at radius 3 is 2.60 bits per heavy atom. The normalized spacial score (nSPS) is 22.8. The van der Waals surface area contributed by atoms with Crippen LogP contribution in [0.25, 0.3) is 0 Å². The number of methoxy groups -OCH3 is 1. The molecule has 0 aromatic carbocycles. The van der Waals surface area contributed by atoms with E-state index in [0.717, 1.165) is 0 Å². The SMILES string of the molecule is CCO/N=C(\C)C1=C(O)C(C(=O)OC)C(C)(C)CC1=O. The first-order chi connectivity index (χ1) is 9.26. The van der Waals surface area contributed by atoms with Gasteiger partial charge in [-0.25, -0.2) is 0 Å². The summed E-state index contributed by atoms with van der Waals surface area (Å²) in [5.41, 5.74) is -0.393. The average Bonchev–Trinajstić information content (AvgIpc) is 2.34. The topological polar surface area (TPSA) is 85.2 Å². The predicted octanol–water partition coefficient (Wildman–Crippen LogP) is 2.00. The second kappa shape index (κ2) is 6.07. The summed E-state index contributed by atoms with van der Waals surface area (Å²) in [5, 5.41) is 14.1. The molecule has 0 aliphatic heterocycles. The highest BCUT2D eigenvalue weighted by atomic mass is 16.6. The maximum atomic E-state index is 12.2. The highest BCUT2D eigenvalue weighted by Gasteiger charge is 2.47. The van der Waals surface area contributed by atoms with Crippen LogP contribution in [0, 0.1) is 11.3 Å². The van der Waals surface area contributed by atoms with Gasteiger partial charge in [-0.15, -0.1) is 0 Å². The zero-order valence-electron chi connectivity index (χ0n) is 12.5. The van der Waals surface area contributed by atoms with Crippen LogP contribution in [0.3, 0.4) is 0 Å². The summed E-state index contributed by atoms with van der Waals surface area (Å²) >= 11 is 0. The number of hydrogen-bond acceptors (Lipinski definition) is 6. The molecule has 20 heavy (non-hydrogen) atoms. The summed E-state index contributed by atoms with van der Waals surface area (Å²) in [5.74, 6) is -2.00. The van der Waals surface area contributed by atoms with Gasteiger partial charge in [-0.1, -0.05) is 19.0 Å². The van der Waals surface area contributed by atoms with Crippen molar-refractivity contribution in [2.24, 2.45) is 16.5 Å². The molecule has 0 saturated carbocycles. The van der Waals surface area contributed by atoms with Crippen molar-refractivity contribution in [1.82, 2.24) is 0 Å². The number of hydrogen-bond donors (Lipinski definition) is 1. The first-order valence-electron chi connectivity index (χ1n) is 6.47. The minimum atomic E-state index is -0.882. The molecule has 1 aliphatic carbocycles. The number of carbonyl (C=O) groups is 2. The number of Topliss-reactive ketones (excluding diaryl/α,β-unsaturated/α-hetero) is 1. The van der Waals surface area contributed by atoms with E-state index >= 15 is 0 Å². The molecule has 1 atom stereocenters. The molecule has 6 nitrogen and oxygen atoms in total. The Morgan fingerprint density at radius 1 is 1.50 bits per heavy atom. The fourth-order valence-corrected chi connectivity index (χ4v) is 2.40. The van der Waals surface area contributed by atoms with Crippen molar-refractivity contribution in [3.05, 3.63) is 11.3 Å². The van der Waals surface area contributed by atoms with E-state index in [2.05, 4.69) is 5.16 Å². The van der Waals surface area contributed by atoms with Crippen molar-refractivity contribution >= 4 is 17.5 Å². The van der Waals surface area contributed by atoms with Crippen LogP contribution in [0.4, 0.5) is 0 Å². The lowest BCUT2D eigenvalue weighted by molar-refractivity contribution is -0.150. The molecule has 0 spiro atoms. The number of ether oxygens (including phenoxy) is 1. The van der Waals surface area contributed by atoms with E-state index in [0.29, 0.717) is 6.61 Å². The summed E-state index contributed by atoms with van der Waals surface area (Å²) in [4.78, 5) is 29.0. The van der Waals surface area contributed by atoms with Gasteiger partial charge in [0.05, 0.1) is 18.4 Å². The van der Waals surface area contributed by atoms with Crippen molar-refractivity contribution < 1.29 is 24.3 Å². The third kappa shape index (κ3) is 3.00. The maximum Gasteiger partial charge on any atom is 0.316 e. The van der Waals surface area contributed by atoms with Crippen LogP contribution in [0.1, 0.15) is 34.1 Å². The van der Waals surface area contributed by atoms with Crippen molar-refractivity contribution in [2.45, 2.75) is 34.1 Å². The van der Waals surface area contributed by atoms with Crippen molar-refractivity contribution in [3.8, 4) is 0 Å². The quantitative estimate of drug-likeness (QED) is 0.484. The molecular weight excluding hydrogens is 262 g/mol. The second-order valence-corrected chi connectivity index (χ2v) is 5.40. The van der Waals surface area contributed by atoms with E-state index in [1.54, 1.807) is 27.7 Å². The van der Waals surface area contributed by atoms with Gasteiger partial charge in [0.1, 0.15) is 18.3 Å². The molecule has 6 heteroatoms. The fourth-order valence-electron chi connectivity index (χ4n) is 2.40. The van der Waals surface area contributed by atoms with E-state index in [-0.39, 0.29) is 29.2 Å². The van der Waals surface area contributed by atoms with Gasteiger partial charge in [0.15, 0.2) is 5.78 Å². The van der Waals surface area contributed by atoms with Gasteiger partial charge in [0, 0.05) is 6.42 Å². The van der Waals surface area contributed by atoms with Crippen LogP contribution in [0.15, 0.2) is 16.5 Å². The molecule has 112 valence electrons. The Bertz CT molecular complexity index is 476. The van der Waals surface area contributed by atoms with Gasteiger partial charge in [-0.2, -0.15) is 0 Å². The minimum absolute atomic E-state index is 0.0492. The van der Waals surface area contributed by atoms with E-state index in [1.807, 2.05) is 0 Å². The highest BCUT2D eigenvalue weighted by Crippen LogP contribution is 2.42. The number of aliphatic hydroxyl groups excluding tert-OH is 1. The van der Waals surface area contributed by atoms with E-state index in [9.17, 15) is 14.7 Å². The van der Waals surface area contributed by atoms with E-state index < -0.39 is 17.3 Å². The second-order valence-electron chi connectivity index (χ2n) is 5.40. The number of nitrogens with zero attached hydrogens (tertiary/aromatic N) is 1. The molecule has 0 saturated heterocycles. The van der Waals surface area contributed by atoms with Crippen LogP contribution < -0.4 is 0 Å². The Balaban J connectivity index is 3.33. The van der Waals surface area contributed by atoms with Crippen LogP contribution >= 0.6 is 0 Å². The summed E-state index contributed by atoms with van der Waals surface area (Å²) in [6.45, 7) is 7.16. The number of carbonyl (C=O) groups excluding carboxylic acids is 2. The minimum Gasteiger partial charge on any atom is -0.511 e. The largest absolute Gasteiger partial charge is 0.511 e. The van der Waals surface area contributed by atoms with E-state index in [1.165, 1.54) is 7.11 Å². The van der Waals surface area contributed by atoms with Gasteiger partial charge >= 0.3 is 5.97 Å². The van der Waals surface area contributed by atoms with Gasteiger partial charge < -0.3 is 14.7 Å². The predicted molar refractivity (Wildman–Crippen MR) is 73.3 cm³/mol. The first-order valence-corrected chi connectivity index (χ1v) is 6.47. The molecule has 1 unspecified atom stereocenters. The molecule has 1 N–H and O–H groups in total. The summed E-state index contributed by atoms with van der Waals surface area (Å²) in [6, 6.07) is 0. The molecule has 0 bridgehead atoms. The molecule has 1 rings (SSSR count). The van der Waals surface area contributed by atoms with Crippen LogP contribution in [-0.4, -0.2) is 36.3 Å². The summed E-state index contributed by atoms with van der Waals surface area (Å²) in [6.07, 6.45) is 0.130. The molecule has 0 radical (unpaired) electrons. The van der Waals surface area contributed by atoms with Gasteiger partial charge in [-0.05, 0) is 19.3 Å². The lowest BCUT2D eigenvalue weighted by Gasteiger charge is -2.36. The lowest BCUT2D eigenvalue weighted by Crippen LogP contribution is -2.41. The number of ketones is 1. The summed E-state index contributed by atoms with van der Waals surface area (Å²) in [7, 11) is 1.25. The molecular formula is C14H21NO5. The maximum absolute atomic E-state index is 12.2. The highest BCUT2D eigenvalue weighted by molar-refractivity contribution is 6.22. The Hall–Kier alpha value is -1.85. The van der Waals surface area contributed by atoms with E-state index in [4.69, 9.17) is 9.57 Å². The third-order valence-electron chi connectivity index (χ3n) is 3.34. The molecule has 0 aromatic heterocycles. The van der Waals surface area contributed by atoms with Crippen LogP contribution in [0.2, 0.25) is 0 Å². The smallest absolute Gasteiger partial charge is 0.316 e. The number of allylic oxidation sites excluding steroid dienone is 1. The van der Waals surface area contributed by atoms with Crippen molar-refractivity contribution in [2.75, 3.05) is 13.7 Å². The van der Waals surface area contributed by atoms with Crippen molar-refractivity contribution in [1.29, 1.82) is 0 Å². The number of rotatable bonds is 4. The third-order valence-corrected chi connectivity index (χ3v) is 3.34. The Morgan fingerprint density at radius 2 is 2.10 bits per heavy atom. The van der Waals surface area contributed by atoms with Crippen molar-refractivity contribution in [3.63, 3.8) is 0 Å². The molecule has 0 aromatic rings. The van der Waals surface area contributed by atoms with Gasteiger partial charge in [0.25, 0.3) is 0 Å². The van der Waals surface area contributed by atoms with Gasteiger partial charge in [0.2, 0.25) is 0 Å². The average molecular weight is 283 g/mol. The Labute approximate surface area is 118 Å². The van der Waals surface area contributed by atoms with Crippen LogP contribution in [-0.2, 0) is 19.2 Å². The standard InChI is InChI=1S/C14H21NO5/c1-6-20-15-8(2)10-9(16)7-14(3,4)11(12(10)17)13(18)19-5/h11,17H,6-7H2,1-5H3/b15-8+. The zero-order chi connectivity index (χ0) is 15.5. The lowest BCUT2D eigenvalue weighted by atomic mass is 9.68. The molecule has 0 amide bonds. The molecule has 0 fully saturated rings. The molecule has 1 aliphatic rings. The molecule has 0 heterocycles. The monoisotopic (exact) mass is 283 g/mol. The zero-order valence-corrected chi connectivity index (χ0v) is 12.5. The van der Waals surface area contributed by atoms with Crippen LogP contribution in [0.5, 0.6) is 0 Å². The Kier molecular flexibility index (Phi) is 4.92. The fraction of sp³-hybridized carbons (Fsp3) is 0.643. The number of oxime groups is 1.